The van der Waals surface area contributed by atoms with Gasteiger partial charge >= 0.3 is 0 Å². The van der Waals surface area contributed by atoms with Gasteiger partial charge in [-0.15, -0.1) is 16.8 Å². The highest BCUT2D eigenvalue weighted by Gasteiger charge is 2.31. The fourth-order valence-corrected chi connectivity index (χ4v) is 3.54. The first-order valence-corrected chi connectivity index (χ1v) is 9.50. The van der Waals surface area contributed by atoms with Crippen LogP contribution in [0.4, 0.5) is 5.69 Å². The molecule has 1 heterocycles. The fraction of sp³-hybridized carbons (Fsp3) is 0.368. The lowest BCUT2D eigenvalue weighted by Crippen LogP contribution is -2.24. The molecule has 1 atom stereocenters. The van der Waals surface area contributed by atoms with Crippen molar-refractivity contribution in [3.05, 3.63) is 48.3 Å². The number of thioether (sulfide) groups is 1. The predicted octanol–water partition coefficient (Wildman–Crippen LogP) is 3.66. The van der Waals surface area contributed by atoms with E-state index in [1.165, 1.54) is 18.7 Å². The summed E-state index contributed by atoms with van der Waals surface area (Å²) in [6.45, 7) is 7.73. The molecule has 1 aromatic heterocycles. The molecular formula is C19H22N4O2S. The maximum absolute atomic E-state index is 12.6. The lowest BCUT2D eigenvalue weighted by molar-refractivity contribution is -0.115. The molecule has 1 aromatic carbocycles. The Morgan fingerprint density at radius 3 is 2.77 bits per heavy atom. The molecule has 0 spiro atoms. The third-order valence-electron chi connectivity index (χ3n) is 4.22. The number of Topliss-reactive ketones (excluding diaryl/α,β-unsaturated/α-hetero) is 1. The summed E-state index contributed by atoms with van der Waals surface area (Å²) in [4.78, 5) is 24.3. The summed E-state index contributed by atoms with van der Waals surface area (Å²) < 4.78 is 2.03. The Morgan fingerprint density at radius 1 is 1.38 bits per heavy atom. The van der Waals surface area contributed by atoms with Gasteiger partial charge in [-0.05, 0) is 38.8 Å². The Balaban J connectivity index is 1.72. The number of anilines is 1. The standard InChI is InChI=1S/C19H22N4O2S/c1-4-11-23-17(14-9-10-14)21-22-19(23)26-13(3)18(25)20-16-8-6-5-7-15(16)12(2)24/h4-8,13-14H,1,9-11H2,2-3H3,(H,20,25)/t13-/m0/s1. The van der Waals surface area contributed by atoms with Crippen molar-refractivity contribution < 1.29 is 9.59 Å². The van der Waals surface area contributed by atoms with Gasteiger partial charge in [-0.25, -0.2) is 0 Å². The first kappa shape index (κ1) is 18.4. The summed E-state index contributed by atoms with van der Waals surface area (Å²) in [5, 5.41) is 11.7. The lowest BCUT2D eigenvalue weighted by Gasteiger charge is -2.14. The van der Waals surface area contributed by atoms with Crippen molar-refractivity contribution in [1.82, 2.24) is 14.8 Å². The maximum atomic E-state index is 12.6. The van der Waals surface area contributed by atoms with Crippen LogP contribution in [0.15, 0.2) is 42.1 Å². The first-order valence-electron chi connectivity index (χ1n) is 8.62. The summed E-state index contributed by atoms with van der Waals surface area (Å²) in [6, 6.07) is 7.01. The van der Waals surface area contributed by atoms with E-state index in [0.717, 1.165) is 18.7 Å². The van der Waals surface area contributed by atoms with Gasteiger partial charge in [-0.3, -0.25) is 9.59 Å². The molecule has 1 aliphatic carbocycles. The van der Waals surface area contributed by atoms with E-state index in [9.17, 15) is 9.59 Å². The van der Waals surface area contributed by atoms with Crippen molar-refractivity contribution in [3.63, 3.8) is 0 Å². The van der Waals surface area contributed by atoms with Gasteiger partial charge in [0, 0.05) is 18.0 Å². The van der Waals surface area contributed by atoms with Crippen molar-refractivity contribution in [2.45, 2.75) is 49.6 Å². The molecule has 2 aromatic rings. The molecule has 7 heteroatoms. The molecule has 0 bridgehead atoms. The van der Waals surface area contributed by atoms with Crippen LogP contribution in [-0.2, 0) is 11.3 Å². The zero-order valence-electron chi connectivity index (χ0n) is 14.9. The Bertz CT molecular complexity index is 842. The third-order valence-corrected chi connectivity index (χ3v) is 5.30. The van der Waals surface area contributed by atoms with E-state index in [2.05, 4.69) is 22.1 Å². The average Bonchev–Trinajstić information content (AvgIpc) is 3.39. The number of amides is 1. The minimum absolute atomic E-state index is 0.0824. The summed E-state index contributed by atoms with van der Waals surface area (Å²) in [5.41, 5.74) is 1.03. The summed E-state index contributed by atoms with van der Waals surface area (Å²) >= 11 is 1.36. The number of hydrogen-bond acceptors (Lipinski definition) is 5. The Hall–Kier alpha value is -2.41. The van der Waals surface area contributed by atoms with Gasteiger partial charge in [0.1, 0.15) is 5.82 Å². The predicted molar refractivity (Wildman–Crippen MR) is 103 cm³/mol. The van der Waals surface area contributed by atoms with Crippen LogP contribution in [-0.4, -0.2) is 31.7 Å². The topological polar surface area (TPSA) is 76.9 Å². The molecule has 0 saturated heterocycles. The molecule has 1 saturated carbocycles. The van der Waals surface area contributed by atoms with Gasteiger partial charge in [-0.2, -0.15) is 0 Å². The number of ketones is 1. The number of carbonyl (C=O) groups excluding carboxylic acids is 2. The number of aromatic nitrogens is 3. The van der Waals surface area contributed by atoms with Crippen molar-refractivity contribution >= 4 is 29.1 Å². The monoisotopic (exact) mass is 370 g/mol. The van der Waals surface area contributed by atoms with Crippen molar-refractivity contribution in [3.8, 4) is 0 Å². The van der Waals surface area contributed by atoms with Crippen LogP contribution in [0, 0.1) is 0 Å². The summed E-state index contributed by atoms with van der Waals surface area (Å²) in [7, 11) is 0. The van der Waals surface area contributed by atoms with E-state index < -0.39 is 0 Å². The maximum Gasteiger partial charge on any atom is 0.237 e. The van der Waals surface area contributed by atoms with Crippen molar-refractivity contribution in [2.24, 2.45) is 0 Å². The van der Waals surface area contributed by atoms with Crippen LogP contribution >= 0.6 is 11.8 Å². The number of carbonyl (C=O) groups is 2. The molecule has 1 N–H and O–H groups in total. The van der Waals surface area contributed by atoms with E-state index in [-0.39, 0.29) is 16.9 Å². The summed E-state index contributed by atoms with van der Waals surface area (Å²) in [6.07, 6.45) is 4.09. The molecule has 6 nitrogen and oxygen atoms in total. The number of allylic oxidation sites excluding steroid dienone is 1. The number of para-hydroxylation sites is 1. The molecular weight excluding hydrogens is 348 g/mol. The Morgan fingerprint density at radius 2 is 2.12 bits per heavy atom. The number of nitrogens with zero attached hydrogens (tertiary/aromatic N) is 3. The number of rotatable bonds is 8. The highest BCUT2D eigenvalue weighted by molar-refractivity contribution is 8.00. The van der Waals surface area contributed by atoms with Gasteiger partial charge in [-0.1, -0.05) is 30.0 Å². The van der Waals surface area contributed by atoms with Crippen LogP contribution in [0.5, 0.6) is 0 Å². The molecule has 26 heavy (non-hydrogen) atoms. The van der Waals surface area contributed by atoms with Gasteiger partial charge in [0.25, 0.3) is 0 Å². The van der Waals surface area contributed by atoms with Crippen molar-refractivity contribution in [1.29, 1.82) is 0 Å². The number of nitrogens with one attached hydrogen (secondary N) is 1. The quantitative estimate of drug-likeness (QED) is 0.436. The molecule has 1 amide bonds. The van der Waals surface area contributed by atoms with E-state index in [4.69, 9.17) is 0 Å². The Kier molecular flexibility index (Phi) is 5.56. The second-order valence-corrected chi connectivity index (χ2v) is 7.67. The van der Waals surface area contributed by atoms with Crippen LogP contribution in [0.25, 0.3) is 0 Å². The zero-order chi connectivity index (χ0) is 18.7. The van der Waals surface area contributed by atoms with E-state index >= 15 is 0 Å². The molecule has 1 fully saturated rings. The SMILES string of the molecule is C=CCn1c(S[C@@H](C)C(=O)Nc2ccccc2C(C)=O)nnc1C1CC1. The van der Waals surface area contributed by atoms with Gasteiger partial charge in [0.2, 0.25) is 5.91 Å². The summed E-state index contributed by atoms with van der Waals surface area (Å²) in [5.74, 6) is 1.19. The van der Waals surface area contributed by atoms with Gasteiger partial charge in [0.05, 0.1) is 10.9 Å². The highest BCUT2D eigenvalue weighted by Crippen LogP contribution is 2.40. The number of benzene rings is 1. The van der Waals surface area contributed by atoms with Crippen molar-refractivity contribution in [2.75, 3.05) is 5.32 Å². The van der Waals surface area contributed by atoms with Crippen LogP contribution in [0.1, 0.15) is 48.8 Å². The van der Waals surface area contributed by atoms with Gasteiger partial charge < -0.3 is 9.88 Å². The second-order valence-electron chi connectivity index (χ2n) is 6.37. The average molecular weight is 370 g/mol. The molecule has 3 rings (SSSR count). The molecule has 136 valence electrons. The Labute approximate surface area is 157 Å². The minimum atomic E-state index is -0.380. The minimum Gasteiger partial charge on any atom is -0.324 e. The van der Waals surface area contributed by atoms with Gasteiger partial charge in [0.15, 0.2) is 10.9 Å². The van der Waals surface area contributed by atoms with Crippen LogP contribution in [0.3, 0.4) is 0 Å². The molecule has 0 unspecified atom stereocenters. The zero-order valence-corrected chi connectivity index (χ0v) is 15.8. The second kappa shape index (κ2) is 7.86. The smallest absolute Gasteiger partial charge is 0.237 e. The van der Waals surface area contributed by atoms with Crippen LogP contribution in [0.2, 0.25) is 0 Å². The van der Waals surface area contributed by atoms with E-state index in [1.807, 2.05) is 17.6 Å². The molecule has 0 aliphatic heterocycles. The van der Waals surface area contributed by atoms with Crippen LogP contribution < -0.4 is 5.32 Å². The lowest BCUT2D eigenvalue weighted by atomic mass is 10.1. The highest BCUT2D eigenvalue weighted by atomic mass is 32.2. The third kappa shape index (κ3) is 4.04. The van der Waals surface area contributed by atoms with E-state index in [1.54, 1.807) is 24.3 Å². The van der Waals surface area contributed by atoms with E-state index in [0.29, 0.717) is 28.9 Å². The normalized spacial score (nSPS) is 14.7. The number of hydrogen-bond donors (Lipinski definition) is 1. The molecule has 1 aliphatic rings. The fourth-order valence-electron chi connectivity index (χ4n) is 2.68. The largest absolute Gasteiger partial charge is 0.324 e. The molecule has 0 radical (unpaired) electrons. The first-order chi connectivity index (χ1) is 12.5.